The smallest absolute Gasteiger partial charge is 0.160 e. The van der Waals surface area contributed by atoms with Crippen molar-refractivity contribution in [2.45, 2.75) is 25.3 Å². The molecule has 5 nitrogen and oxygen atoms in total. The molecule has 2 aromatic rings. The van der Waals surface area contributed by atoms with Crippen molar-refractivity contribution < 1.29 is 9.84 Å². The van der Waals surface area contributed by atoms with E-state index in [0.29, 0.717) is 12.5 Å². The molecule has 3 rings (SSSR count). The fourth-order valence-electron chi connectivity index (χ4n) is 2.58. The predicted molar refractivity (Wildman–Crippen MR) is 67.4 cm³/mol. The Hall–Kier alpha value is -1.46. The zero-order chi connectivity index (χ0) is 12.4. The molecule has 1 aliphatic rings. The molecule has 0 radical (unpaired) electrons. The number of imidazole rings is 1. The van der Waals surface area contributed by atoms with Crippen molar-refractivity contribution in [3.8, 4) is 0 Å². The van der Waals surface area contributed by atoms with Gasteiger partial charge in [0.05, 0.1) is 6.61 Å². The van der Waals surface area contributed by atoms with Crippen molar-refractivity contribution in [2.75, 3.05) is 19.8 Å². The van der Waals surface area contributed by atoms with E-state index in [1.165, 1.54) is 0 Å². The number of hydrogen-bond donors (Lipinski definition) is 1. The number of nitrogens with zero attached hydrogens (tertiary/aromatic N) is 3. The highest BCUT2D eigenvalue weighted by Crippen LogP contribution is 2.27. The lowest BCUT2D eigenvalue weighted by Gasteiger charge is -2.25. The van der Waals surface area contributed by atoms with Crippen LogP contribution in [0.15, 0.2) is 18.3 Å². The first-order valence-electron chi connectivity index (χ1n) is 6.40. The van der Waals surface area contributed by atoms with Crippen LogP contribution in [0, 0.1) is 0 Å². The van der Waals surface area contributed by atoms with E-state index in [2.05, 4.69) is 14.5 Å². The first-order valence-corrected chi connectivity index (χ1v) is 6.40. The lowest BCUT2D eigenvalue weighted by molar-refractivity contribution is 0.0695. The molecule has 0 bridgehead atoms. The second-order valence-electron chi connectivity index (χ2n) is 4.56. The van der Waals surface area contributed by atoms with E-state index < -0.39 is 0 Å². The maximum atomic E-state index is 9.17. The molecule has 0 saturated carbocycles. The molecule has 0 spiro atoms. The molecule has 0 atom stereocenters. The molecule has 0 amide bonds. The minimum atomic E-state index is 0.118. The number of aliphatic hydroxyl groups is 1. The Labute approximate surface area is 105 Å². The molecular weight excluding hydrogens is 230 g/mol. The van der Waals surface area contributed by atoms with E-state index in [0.717, 1.165) is 43.0 Å². The predicted octanol–water partition coefficient (Wildman–Crippen LogP) is 1.32. The molecule has 0 aliphatic carbocycles. The maximum absolute atomic E-state index is 9.17. The molecule has 1 aliphatic heterocycles. The molecule has 18 heavy (non-hydrogen) atoms. The highest BCUT2D eigenvalue weighted by Gasteiger charge is 2.21. The van der Waals surface area contributed by atoms with Crippen LogP contribution in [-0.2, 0) is 11.2 Å². The van der Waals surface area contributed by atoms with Gasteiger partial charge in [-0.15, -0.1) is 0 Å². The van der Waals surface area contributed by atoms with E-state index in [1.807, 2.05) is 12.1 Å². The van der Waals surface area contributed by atoms with E-state index >= 15 is 0 Å². The summed E-state index contributed by atoms with van der Waals surface area (Å²) in [5.41, 5.74) is 1.83. The van der Waals surface area contributed by atoms with Gasteiger partial charge in [-0.25, -0.2) is 9.97 Å². The van der Waals surface area contributed by atoms with Crippen LogP contribution in [0.5, 0.6) is 0 Å². The Balaban J connectivity index is 2.07. The van der Waals surface area contributed by atoms with Crippen LogP contribution in [0.25, 0.3) is 11.2 Å². The average Bonchev–Trinajstić information content (AvgIpc) is 2.78. The van der Waals surface area contributed by atoms with E-state index in [-0.39, 0.29) is 6.61 Å². The van der Waals surface area contributed by atoms with Crippen LogP contribution < -0.4 is 0 Å². The van der Waals surface area contributed by atoms with Gasteiger partial charge in [0.25, 0.3) is 0 Å². The fraction of sp³-hybridized carbons (Fsp3) is 0.538. The highest BCUT2D eigenvalue weighted by atomic mass is 16.5. The summed E-state index contributed by atoms with van der Waals surface area (Å²) >= 11 is 0. The van der Waals surface area contributed by atoms with Gasteiger partial charge in [0, 0.05) is 31.9 Å². The Morgan fingerprint density at radius 2 is 2.22 bits per heavy atom. The van der Waals surface area contributed by atoms with Gasteiger partial charge < -0.3 is 14.4 Å². The molecule has 0 aromatic carbocycles. The summed E-state index contributed by atoms with van der Waals surface area (Å²) in [6, 6.07) is 4.26. The van der Waals surface area contributed by atoms with Gasteiger partial charge >= 0.3 is 0 Å². The lowest BCUT2D eigenvalue weighted by Crippen LogP contribution is -2.21. The van der Waals surface area contributed by atoms with Crippen LogP contribution in [0.1, 0.15) is 24.7 Å². The molecule has 5 heteroatoms. The topological polar surface area (TPSA) is 60.2 Å². The minimum absolute atomic E-state index is 0.118. The largest absolute Gasteiger partial charge is 0.396 e. The van der Waals surface area contributed by atoms with Crippen molar-refractivity contribution in [1.82, 2.24) is 14.5 Å². The van der Waals surface area contributed by atoms with Gasteiger partial charge in [-0.05, 0) is 25.0 Å². The molecule has 0 unspecified atom stereocenters. The number of aliphatic hydroxyl groups excluding tert-OH is 1. The van der Waals surface area contributed by atoms with Crippen LogP contribution in [0.3, 0.4) is 0 Å². The van der Waals surface area contributed by atoms with Crippen molar-refractivity contribution in [2.24, 2.45) is 0 Å². The fourth-order valence-corrected chi connectivity index (χ4v) is 2.58. The molecule has 1 fully saturated rings. The number of fused-ring (bicyclic) bond motifs is 1. The summed E-state index contributed by atoms with van der Waals surface area (Å²) in [5, 5.41) is 9.17. The lowest BCUT2D eigenvalue weighted by atomic mass is 10.1. The number of aromatic nitrogens is 3. The zero-order valence-electron chi connectivity index (χ0n) is 10.2. The van der Waals surface area contributed by atoms with Crippen molar-refractivity contribution in [3.63, 3.8) is 0 Å². The third kappa shape index (κ3) is 2.00. The van der Waals surface area contributed by atoms with Crippen molar-refractivity contribution in [3.05, 3.63) is 24.2 Å². The summed E-state index contributed by atoms with van der Waals surface area (Å²) in [4.78, 5) is 9.01. The van der Waals surface area contributed by atoms with E-state index in [4.69, 9.17) is 9.84 Å². The molecule has 1 saturated heterocycles. The normalized spacial score (nSPS) is 17.4. The van der Waals surface area contributed by atoms with Gasteiger partial charge in [-0.1, -0.05) is 0 Å². The first-order chi connectivity index (χ1) is 8.90. The summed E-state index contributed by atoms with van der Waals surface area (Å²) in [6.07, 6.45) is 4.34. The van der Waals surface area contributed by atoms with E-state index in [9.17, 15) is 0 Å². The summed E-state index contributed by atoms with van der Waals surface area (Å²) in [5.74, 6) is 0.929. The number of rotatable bonds is 3. The Kier molecular flexibility index (Phi) is 3.25. The number of ether oxygens (including phenoxy) is 1. The minimum Gasteiger partial charge on any atom is -0.396 e. The Bertz CT molecular complexity index is 532. The molecule has 1 N–H and O–H groups in total. The first kappa shape index (κ1) is 11.6. The third-order valence-electron chi connectivity index (χ3n) is 3.41. The second kappa shape index (κ2) is 5.04. The standard InChI is InChI=1S/C13H17N3O2/c17-7-3-12-15-11-2-1-6-14-13(11)16(12)10-4-8-18-9-5-10/h1-2,6,10,17H,3-5,7-9H2. The second-order valence-corrected chi connectivity index (χ2v) is 4.56. The summed E-state index contributed by atoms with van der Waals surface area (Å²) in [7, 11) is 0. The van der Waals surface area contributed by atoms with Crippen LogP contribution in [0.4, 0.5) is 0 Å². The average molecular weight is 247 g/mol. The van der Waals surface area contributed by atoms with Gasteiger partial charge in [0.2, 0.25) is 0 Å². The highest BCUT2D eigenvalue weighted by molar-refractivity contribution is 5.71. The Morgan fingerprint density at radius 3 is 3.00 bits per heavy atom. The summed E-state index contributed by atoms with van der Waals surface area (Å²) in [6.45, 7) is 1.69. The number of hydrogen-bond acceptors (Lipinski definition) is 4. The maximum Gasteiger partial charge on any atom is 0.160 e. The molecule has 2 aromatic heterocycles. The monoisotopic (exact) mass is 247 g/mol. The molecular formula is C13H17N3O2. The summed E-state index contributed by atoms with van der Waals surface area (Å²) < 4.78 is 7.59. The van der Waals surface area contributed by atoms with Crippen LogP contribution in [0.2, 0.25) is 0 Å². The van der Waals surface area contributed by atoms with Gasteiger partial charge in [0.15, 0.2) is 5.65 Å². The quantitative estimate of drug-likeness (QED) is 0.888. The number of pyridine rings is 1. The molecule has 96 valence electrons. The van der Waals surface area contributed by atoms with Gasteiger partial charge in [-0.2, -0.15) is 0 Å². The molecule has 3 heterocycles. The van der Waals surface area contributed by atoms with Crippen LogP contribution in [-0.4, -0.2) is 39.5 Å². The van der Waals surface area contributed by atoms with Gasteiger partial charge in [-0.3, -0.25) is 0 Å². The third-order valence-corrected chi connectivity index (χ3v) is 3.41. The zero-order valence-corrected chi connectivity index (χ0v) is 10.2. The van der Waals surface area contributed by atoms with Crippen LogP contribution >= 0.6 is 0 Å². The Morgan fingerprint density at radius 1 is 1.39 bits per heavy atom. The van der Waals surface area contributed by atoms with Crippen molar-refractivity contribution >= 4 is 11.2 Å². The SMILES string of the molecule is OCCc1nc2cccnc2n1C1CCOCC1. The van der Waals surface area contributed by atoms with Gasteiger partial charge in [0.1, 0.15) is 11.3 Å². The van der Waals surface area contributed by atoms with Crippen molar-refractivity contribution in [1.29, 1.82) is 0 Å². The van der Waals surface area contributed by atoms with E-state index in [1.54, 1.807) is 6.20 Å².